The van der Waals surface area contributed by atoms with Crippen molar-refractivity contribution in [1.29, 1.82) is 0 Å². The van der Waals surface area contributed by atoms with Gasteiger partial charge in [-0.1, -0.05) is 6.07 Å². The molecule has 0 saturated carbocycles. The van der Waals surface area contributed by atoms with Crippen molar-refractivity contribution in [2.75, 3.05) is 18.4 Å². The van der Waals surface area contributed by atoms with Gasteiger partial charge in [0.15, 0.2) is 0 Å². The summed E-state index contributed by atoms with van der Waals surface area (Å²) < 4.78 is 21.6. The van der Waals surface area contributed by atoms with Crippen LogP contribution in [0.15, 0.2) is 72.9 Å². The van der Waals surface area contributed by atoms with Crippen molar-refractivity contribution in [2.45, 2.75) is 58.7 Å². The van der Waals surface area contributed by atoms with Crippen molar-refractivity contribution in [3.8, 4) is 17.0 Å². The second kappa shape index (κ2) is 12.4. The number of carboxylic acids is 1. The lowest BCUT2D eigenvalue weighted by Gasteiger charge is -2.32. The number of hydrogen-bond donors (Lipinski definition) is 2. The lowest BCUT2D eigenvalue weighted by molar-refractivity contribution is 0.0696. The Bertz CT molecular complexity index is 1600. The van der Waals surface area contributed by atoms with Crippen LogP contribution in [0.1, 0.15) is 65.5 Å². The number of anilines is 1. The van der Waals surface area contributed by atoms with E-state index in [4.69, 9.17) is 9.84 Å². The second-order valence-corrected chi connectivity index (χ2v) is 12.0. The predicted molar refractivity (Wildman–Crippen MR) is 164 cm³/mol. The Morgan fingerprint density at radius 3 is 2.33 bits per heavy atom. The molecular formula is C34H37FN4O4. The van der Waals surface area contributed by atoms with Crippen LogP contribution in [0.25, 0.3) is 11.3 Å². The minimum absolute atomic E-state index is 0.0722. The Morgan fingerprint density at radius 1 is 1.02 bits per heavy atom. The molecule has 8 nitrogen and oxygen atoms in total. The van der Waals surface area contributed by atoms with E-state index in [1.807, 2.05) is 39.0 Å². The predicted octanol–water partition coefficient (Wildman–Crippen LogP) is 6.75. The number of hydrogen-bond acceptors (Lipinski definition) is 5. The zero-order valence-corrected chi connectivity index (χ0v) is 24.9. The zero-order chi connectivity index (χ0) is 30.7. The number of amides is 1. The monoisotopic (exact) mass is 584 g/mol. The number of piperidine rings is 1. The molecule has 3 aromatic carbocycles. The molecule has 1 aliphatic rings. The maximum Gasteiger partial charge on any atom is 0.335 e. The number of nitrogens with one attached hydrogen (secondary N) is 1. The molecule has 1 amide bonds. The van der Waals surface area contributed by atoms with Crippen LogP contribution in [-0.2, 0) is 12.1 Å². The fourth-order valence-electron chi connectivity index (χ4n) is 5.32. The number of rotatable bonds is 8. The van der Waals surface area contributed by atoms with Gasteiger partial charge in [0.25, 0.3) is 5.91 Å². The SMILES string of the molecule is Cc1ccc(NC(=O)c2cnn(C(C)(C)C)c2-c2ccc(F)cc2)cc1CN1CCC(Oc2ccc(C(=O)O)cc2)CC1. The first-order chi connectivity index (χ1) is 20.5. The van der Waals surface area contributed by atoms with E-state index in [1.54, 1.807) is 47.3 Å². The number of ether oxygens (including phenoxy) is 1. The Balaban J connectivity index is 1.24. The summed E-state index contributed by atoms with van der Waals surface area (Å²) in [6, 6.07) is 18.6. The largest absolute Gasteiger partial charge is 0.490 e. The third-order valence-electron chi connectivity index (χ3n) is 7.71. The molecule has 4 aromatic rings. The highest BCUT2D eigenvalue weighted by Crippen LogP contribution is 2.30. The summed E-state index contributed by atoms with van der Waals surface area (Å²) in [5, 5.41) is 16.7. The molecule has 0 spiro atoms. The molecule has 43 heavy (non-hydrogen) atoms. The number of carbonyl (C=O) groups is 2. The van der Waals surface area contributed by atoms with Gasteiger partial charge in [-0.3, -0.25) is 14.4 Å². The lowest BCUT2D eigenvalue weighted by Crippen LogP contribution is -2.37. The minimum atomic E-state index is -0.954. The number of nitrogens with zero attached hydrogens (tertiary/aromatic N) is 3. The van der Waals surface area contributed by atoms with E-state index in [9.17, 15) is 14.0 Å². The summed E-state index contributed by atoms with van der Waals surface area (Å²) in [4.78, 5) is 27.0. The molecule has 1 aromatic heterocycles. The van der Waals surface area contributed by atoms with E-state index in [0.717, 1.165) is 43.6 Å². The van der Waals surface area contributed by atoms with Crippen molar-refractivity contribution in [3.63, 3.8) is 0 Å². The van der Waals surface area contributed by atoms with Crippen LogP contribution in [0.5, 0.6) is 5.75 Å². The number of halogens is 1. The summed E-state index contributed by atoms with van der Waals surface area (Å²) in [6.07, 6.45) is 3.37. The Labute approximate surface area is 251 Å². The summed E-state index contributed by atoms with van der Waals surface area (Å²) in [5.74, 6) is -0.893. The van der Waals surface area contributed by atoms with Crippen LogP contribution in [0.3, 0.4) is 0 Å². The molecule has 0 bridgehead atoms. The molecule has 0 unspecified atom stereocenters. The van der Waals surface area contributed by atoms with Gasteiger partial charge in [0.2, 0.25) is 0 Å². The van der Waals surface area contributed by atoms with Crippen LogP contribution in [0.4, 0.5) is 10.1 Å². The molecule has 1 saturated heterocycles. The molecule has 5 rings (SSSR count). The number of aromatic carboxylic acids is 1. The molecule has 0 aliphatic carbocycles. The van der Waals surface area contributed by atoms with Crippen LogP contribution in [0.2, 0.25) is 0 Å². The fraction of sp³-hybridized carbons (Fsp3) is 0.324. The van der Waals surface area contributed by atoms with Gasteiger partial charge in [0.05, 0.1) is 28.6 Å². The summed E-state index contributed by atoms with van der Waals surface area (Å²) >= 11 is 0. The summed E-state index contributed by atoms with van der Waals surface area (Å²) in [6.45, 7) is 10.6. The van der Waals surface area contributed by atoms with Crippen molar-refractivity contribution < 1.29 is 23.8 Å². The number of benzene rings is 3. The molecular weight excluding hydrogens is 547 g/mol. The van der Waals surface area contributed by atoms with Gasteiger partial charge in [0.1, 0.15) is 17.7 Å². The molecule has 9 heteroatoms. The Morgan fingerprint density at radius 2 is 1.70 bits per heavy atom. The maximum absolute atomic E-state index is 13.7. The molecule has 0 atom stereocenters. The first-order valence-electron chi connectivity index (χ1n) is 14.5. The van der Waals surface area contributed by atoms with Crippen molar-refractivity contribution >= 4 is 17.6 Å². The summed E-state index contributed by atoms with van der Waals surface area (Å²) in [7, 11) is 0. The van der Waals surface area contributed by atoms with Crippen molar-refractivity contribution in [2.24, 2.45) is 0 Å². The number of carboxylic acid groups (broad SMARTS) is 1. The topological polar surface area (TPSA) is 96.7 Å². The Kier molecular flexibility index (Phi) is 8.64. The van der Waals surface area contributed by atoms with E-state index in [1.165, 1.54) is 12.1 Å². The Hall–Kier alpha value is -4.50. The average Bonchev–Trinajstić information content (AvgIpc) is 3.43. The van der Waals surface area contributed by atoms with Gasteiger partial charge >= 0.3 is 5.97 Å². The molecule has 1 aliphatic heterocycles. The molecule has 2 heterocycles. The van der Waals surface area contributed by atoms with Gasteiger partial charge in [-0.15, -0.1) is 0 Å². The second-order valence-electron chi connectivity index (χ2n) is 12.0. The highest BCUT2D eigenvalue weighted by atomic mass is 19.1. The number of carbonyl (C=O) groups excluding carboxylic acids is 1. The van der Waals surface area contributed by atoms with Crippen LogP contribution in [0, 0.1) is 12.7 Å². The molecule has 0 radical (unpaired) electrons. The number of aromatic nitrogens is 2. The smallest absolute Gasteiger partial charge is 0.335 e. The van der Waals surface area contributed by atoms with Gasteiger partial charge < -0.3 is 15.2 Å². The van der Waals surface area contributed by atoms with Gasteiger partial charge in [-0.2, -0.15) is 5.10 Å². The van der Waals surface area contributed by atoms with E-state index in [2.05, 4.69) is 22.2 Å². The summed E-state index contributed by atoms with van der Waals surface area (Å²) in [5.41, 5.74) is 4.60. The standard InChI is InChI=1S/C34H37FN4O4/c1-22-5-12-27(37-32(40)30-20-36-39(34(2,3)4)31(30)23-6-10-26(35)11-7-23)19-25(22)21-38-17-15-29(16-18-38)43-28-13-8-24(9-14-28)33(41)42/h5-14,19-20,29H,15-18,21H2,1-4H3,(H,37,40)(H,41,42). The van der Waals surface area contributed by atoms with Gasteiger partial charge in [0, 0.05) is 30.9 Å². The van der Waals surface area contributed by atoms with E-state index in [0.29, 0.717) is 28.3 Å². The minimum Gasteiger partial charge on any atom is -0.490 e. The van der Waals surface area contributed by atoms with Crippen molar-refractivity contribution in [1.82, 2.24) is 14.7 Å². The van der Waals surface area contributed by atoms with Gasteiger partial charge in [-0.25, -0.2) is 9.18 Å². The van der Waals surface area contributed by atoms with E-state index < -0.39 is 5.97 Å². The fourth-order valence-corrected chi connectivity index (χ4v) is 5.32. The highest BCUT2D eigenvalue weighted by Gasteiger charge is 2.26. The molecule has 2 N–H and O–H groups in total. The van der Waals surface area contributed by atoms with E-state index >= 15 is 0 Å². The van der Waals surface area contributed by atoms with Crippen molar-refractivity contribution in [3.05, 3.63) is 101 Å². The average molecular weight is 585 g/mol. The first kappa shape index (κ1) is 30.0. The molecule has 224 valence electrons. The van der Waals surface area contributed by atoms with Crippen LogP contribution < -0.4 is 10.1 Å². The molecule has 1 fully saturated rings. The lowest BCUT2D eigenvalue weighted by atomic mass is 10.0. The number of likely N-dealkylation sites (tertiary alicyclic amines) is 1. The van der Waals surface area contributed by atoms with Crippen LogP contribution in [-0.4, -0.2) is 50.9 Å². The third kappa shape index (κ3) is 7.11. The normalized spacial score (nSPS) is 14.4. The maximum atomic E-state index is 13.7. The first-order valence-corrected chi connectivity index (χ1v) is 14.5. The quantitative estimate of drug-likeness (QED) is 0.238. The third-order valence-corrected chi connectivity index (χ3v) is 7.71. The zero-order valence-electron chi connectivity index (χ0n) is 24.9. The highest BCUT2D eigenvalue weighted by molar-refractivity contribution is 6.08. The van der Waals surface area contributed by atoms with E-state index in [-0.39, 0.29) is 28.9 Å². The number of aryl methyl sites for hydroxylation is 1. The van der Waals surface area contributed by atoms with Crippen LogP contribution >= 0.6 is 0 Å². The van der Waals surface area contributed by atoms with Gasteiger partial charge in [-0.05, 0) is 112 Å².